The van der Waals surface area contributed by atoms with Gasteiger partial charge in [-0.1, -0.05) is 17.7 Å². The first kappa shape index (κ1) is 14.8. The minimum Gasteiger partial charge on any atom is -0.484 e. The van der Waals surface area contributed by atoms with Gasteiger partial charge < -0.3 is 10.1 Å². The van der Waals surface area contributed by atoms with Crippen molar-refractivity contribution in [3.63, 3.8) is 0 Å². The van der Waals surface area contributed by atoms with Crippen LogP contribution in [0.15, 0.2) is 42.5 Å². The van der Waals surface area contributed by atoms with Crippen LogP contribution < -0.4 is 10.1 Å². The van der Waals surface area contributed by atoms with Crippen LogP contribution in [0.1, 0.15) is 5.56 Å². The minimum absolute atomic E-state index is 0.00377. The summed E-state index contributed by atoms with van der Waals surface area (Å²) < 4.78 is 18.8. The molecule has 0 fully saturated rings. The van der Waals surface area contributed by atoms with E-state index in [1.807, 2.05) is 6.07 Å². The number of nitrogens with one attached hydrogen (secondary N) is 1. The fourth-order valence-corrected chi connectivity index (χ4v) is 1.74. The summed E-state index contributed by atoms with van der Waals surface area (Å²) in [6, 6.07) is 12.6. The van der Waals surface area contributed by atoms with Crippen LogP contribution in [0.4, 0.5) is 10.1 Å². The van der Waals surface area contributed by atoms with Gasteiger partial charge in [0.05, 0.1) is 22.3 Å². The van der Waals surface area contributed by atoms with Gasteiger partial charge in [-0.2, -0.15) is 5.26 Å². The Morgan fingerprint density at radius 2 is 2.00 bits per heavy atom. The van der Waals surface area contributed by atoms with Crippen molar-refractivity contribution in [2.24, 2.45) is 0 Å². The van der Waals surface area contributed by atoms with E-state index in [-0.39, 0.29) is 17.3 Å². The second-order valence-corrected chi connectivity index (χ2v) is 4.48. The molecule has 0 saturated heterocycles. The first-order valence-corrected chi connectivity index (χ1v) is 6.35. The van der Waals surface area contributed by atoms with Gasteiger partial charge in [0.15, 0.2) is 12.4 Å². The number of hydrogen-bond acceptors (Lipinski definition) is 3. The predicted molar refractivity (Wildman–Crippen MR) is 76.7 cm³/mol. The van der Waals surface area contributed by atoms with Gasteiger partial charge in [0, 0.05) is 0 Å². The van der Waals surface area contributed by atoms with Gasteiger partial charge in [-0.25, -0.2) is 4.39 Å². The Bertz CT molecular complexity index is 696. The van der Waals surface area contributed by atoms with Crippen LogP contribution in [0.3, 0.4) is 0 Å². The lowest BCUT2D eigenvalue weighted by Crippen LogP contribution is -2.20. The summed E-state index contributed by atoms with van der Waals surface area (Å²) in [6.45, 7) is -0.280. The number of halogens is 2. The topological polar surface area (TPSA) is 62.1 Å². The van der Waals surface area contributed by atoms with Crippen molar-refractivity contribution < 1.29 is 13.9 Å². The first-order chi connectivity index (χ1) is 10.1. The average Bonchev–Trinajstić information content (AvgIpc) is 2.50. The van der Waals surface area contributed by atoms with Gasteiger partial charge in [0.25, 0.3) is 5.91 Å². The van der Waals surface area contributed by atoms with Crippen molar-refractivity contribution in [2.45, 2.75) is 0 Å². The van der Waals surface area contributed by atoms with Gasteiger partial charge >= 0.3 is 0 Å². The molecule has 0 aliphatic heterocycles. The molecule has 0 bridgehead atoms. The number of hydrogen-bond donors (Lipinski definition) is 1. The maximum atomic E-state index is 13.6. The predicted octanol–water partition coefficient (Wildman–Crippen LogP) is 3.37. The largest absolute Gasteiger partial charge is 0.484 e. The second kappa shape index (κ2) is 6.73. The van der Waals surface area contributed by atoms with Crippen molar-refractivity contribution in [2.75, 3.05) is 11.9 Å². The molecule has 106 valence electrons. The molecular weight excluding hydrogens is 295 g/mol. The number of rotatable bonds is 4. The molecular formula is C15H10ClFN2O2. The fourth-order valence-electron chi connectivity index (χ4n) is 1.56. The van der Waals surface area contributed by atoms with Crippen molar-refractivity contribution in [3.05, 3.63) is 58.9 Å². The maximum Gasteiger partial charge on any atom is 0.262 e. The Morgan fingerprint density at radius 1 is 1.29 bits per heavy atom. The number of carbonyl (C=O) groups is 1. The number of anilines is 1. The normalized spacial score (nSPS) is 9.76. The highest BCUT2D eigenvalue weighted by molar-refractivity contribution is 6.31. The number of benzene rings is 2. The smallest absolute Gasteiger partial charge is 0.262 e. The Balaban J connectivity index is 1.93. The molecule has 2 aromatic carbocycles. The molecule has 0 aliphatic carbocycles. The van der Waals surface area contributed by atoms with E-state index in [2.05, 4.69) is 5.32 Å². The maximum absolute atomic E-state index is 13.6. The summed E-state index contributed by atoms with van der Waals surface area (Å²) in [5, 5.41) is 11.0. The minimum atomic E-state index is -0.689. The Labute approximate surface area is 125 Å². The van der Waals surface area contributed by atoms with Gasteiger partial charge in [-0.05, 0) is 36.4 Å². The van der Waals surface area contributed by atoms with E-state index in [0.29, 0.717) is 11.3 Å². The van der Waals surface area contributed by atoms with Crippen molar-refractivity contribution in [1.29, 1.82) is 5.26 Å². The third-order valence-corrected chi connectivity index (χ3v) is 2.87. The standard InChI is InChI=1S/C15H10ClFN2O2/c16-12-2-1-3-13(15(12)17)19-14(20)9-21-11-6-4-10(8-18)5-7-11/h1-7H,9H2,(H,19,20). The number of nitriles is 1. The first-order valence-electron chi connectivity index (χ1n) is 5.97. The van der Waals surface area contributed by atoms with Crippen LogP contribution in [-0.2, 0) is 4.79 Å². The Kier molecular flexibility index (Phi) is 4.75. The summed E-state index contributed by atoms with van der Waals surface area (Å²) in [7, 11) is 0. The van der Waals surface area contributed by atoms with Crippen molar-refractivity contribution in [3.8, 4) is 11.8 Å². The molecule has 2 aromatic rings. The van der Waals surface area contributed by atoms with Crippen LogP contribution in [0.5, 0.6) is 5.75 Å². The van der Waals surface area contributed by atoms with Crippen LogP contribution >= 0.6 is 11.6 Å². The van der Waals surface area contributed by atoms with Gasteiger partial charge in [-0.15, -0.1) is 0 Å². The number of carbonyl (C=O) groups excluding carboxylic acids is 1. The summed E-state index contributed by atoms with van der Waals surface area (Å²) in [5.41, 5.74) is 0.490. The molecule has 0 spiro atoms. The zero-order valence-corrected chi connectivity index (χ0v) is 11.5. The molecule has 2 rings (SSSR count). The van der Waals surface area contributed by atoms with Crippen molar-refractivity contribution in [1.82, 2.24) is 0 Å². The van der Waals surface area contributed by atoms with E-state index in [0.717, 1.165) is 0 Å². The van der Waals surface area contributed by atoms with Crippen LogP contribution in [0.25, 0.3) is 0 Å². The molecule has 0 saturated carbocycles. The van der Waals surface area contributed by atoms with Crippen LogP contribution in [-0.4, -0.2) is 12.5 Å². The molecule has 0 heterocycles. The van der Waals surface area contributed by atoms with E-state index < -0.39 is 11.7 Å². The van der Waals surface area contributed by atoms with Gasteiger partial charge in [0.1, 0.15) is 5.75 Å². The van der Waals surface area contributed by atoms with E-state index in [1.54, 1.807) is 24.3 Å². The molecule has 0 aliphatic rings. The molecule has 1 N–H and O–H groups in total. The fraction of sp³-hybridized carbons (Fsp3) is 0.0667. The monoisotopic (exact) mass is 304 g/mol. The molecule has 0 aromatic heterocycles. The second-order valence-electron chi connectivity index (χ2n) is 4.07. The average molecular weight is 305 g/mol. The lowest BCUT2D eigenvalue weighted by Gasteiger charge is -2.08. The van der Waals surface area contributed by atoms with E-state index in [9.17, 15) is 9.18 Å². The van der Waals surface area contributed by atoms with Crippen LogP contribution in [0, 0.1) is 17.1 Å². The lowest BCUT2D eigenvalue weighted by atomic mass is 10.2. The lowest BCUT2D eigenvalue weighted by molar-refractivity contribution is -0.118. The molecule has 1 amide bonds. The summed E-state index contributed by atoms with van der Waals surface area (Å²) >= 11 is 5.61. The van der Waals surface area contributed by atoms with E-state index >= 15 is 0 Å². The summed E-state index contributed by atoms with van der Waals surface area (Å²) in [4.78, 5) is 11.7. The highest BCUT2D eigenvalue weighted by atomic mass is 35.5. The number of amides is 1. The van der Waals surface area contributed by atoms with Crippen LogP contribution in [0.2, 0.25) is 5.02 Å². The third kappa shape index (κ3) is 3.94. The highest BCUT2D eigenvalue weighted by Crippen LogP contribution is 2.21. The molecule has 4 nitrogen and oxygen atoms in total. The van der Waals surface area contributed by atoms with Gasteiger partial charge in [-0.3, -0.25) is 4.79 Å². The molecule has 0 atom stereocenters. The summed E-state index contributed by atoms with van der Waals surface area (Å²) in [6.07, 6.45) is 0. The molecule has 6 heteroatoms. The zero-order valence-electron chi connectivity index (χ0n) is 10.8. The van der Waals surface area contributed by atoms with E-state index in [1.165, 1.54) is 18.2 Å². The quantitative estimate of drug-likeness (QED) is 0.942. The summed E-state index contributed by atoms with van der Waals surface area (Å²) in [5.74, 6) is -0.762. The molecule has 0 unspecified atom stereocenters. The number of ether oxygens (including phenoxy) is 1. The van der Waals surface area contributed by atoms with E-state index in [4.69, 9.17) is 21.6 Å². The Hall–Kier alpha value is -2.58. The third-order valence-electron chi connectivity index (χ3n) is 2.58. The zero-order chi connectivity index (χ0) is 15.2. The molecule has 0 radical (unpaired) electrons. The molecule has 21 heavy (non-hydrogen) atoms. The Morgan fingerprint density at radius 3 is 2.67 bits per heavy atom. The number of nitrogens with zero attached hydrogens (tertiary/aromatic N) is 1. The highest BCUT2D eigenvalue weighted by Gasteiger charge is 2.10. The van der Waals surface area contributed by atoms with Crippen molar-refractivity contribution >= 4 is 23.2 Å². The SMILES string of the molecule is N#Cc1ccc(OCC(=O)Nc2cccc(Cl)c2F)cc1. The van der Waals surface area contributed by atoms with Gasteiger partial charge in [0.2, 0.25) is 0 Å².